The van der Waals surface area contributed by atoms with Gasteiger partial charge in [0.1, 0.15) is 41.3 Å². The summed E-state index contributed by atoms with van der Waals surface area (Å²) in [6, 6.07) is 15.2. The van der Waals surface area contributed by atoms with Crippen LogP contribution in [-0.4, -0.2) is 92.2 Å². The zero-order valence-electron chi connectivity index (χ0n) is 29.2. The highest BCUT2D eigenvalue weighted by molar-refractivity contribution is 6.01. The van der Waals surface area contributed by atoms with Crippen LogP contribution < -0.4 is 15.4 Å². The Morgan fingerprint density at radius 1 is 0.891 bits per heavy atom. The van der Waals surface area contributed by atoms with Crippen LogP contribution in [0, 0.1) is 11.8 Å². The molecular weight excluding hydrogens is 714 g/mol. The average Bonchev–Trinajstić information content (AvgIpc) is 3.81. The van der Waals surface area contributed by atoms with Gasteiger partial charge in [0.15, 0.2) is 18.1 Å². The summed E-state index contributed by atoms with van der Waals surface area (Å²) < 4.78 is 18.9. The topological polar surface area (TPSA) is 226 Å². The largest absolute Gasteiger partial charge is 0.508 e. The van der Waals surface area contributed by atoms with Crippen molar-refractivity contribution in [2.24, 2.45) is 0 Å². The number of amides is 2. The Hall–Kier alpha value is -6.18. The van der Waals surface area contributed by atoms with E-state index in [1.54, 1.807) is 24.3 Å². The molecule has 3 aromatic carbocycles. The molecule has 3 aliphatic heterocycles. The number of aliphatic hydroxyl groups excluding tert-OH is 3. The third kappa shape index (κ3) is 6.99. The third-order valence-corrected chi connectivity index (χ3v) is 9.80. The highest BCUT2D eigenvalue weighted by Gasteiger charge is 2.54. The van der Waals surface area contributed by atoms with Gasteiger partial charge in [0, 0.05) is 59.1 Å². The minimum Gasteiger partial charge on any atom is -0.508 e. The van der Waals surface area contributed by atoms with Gasteiger partial charge in [-0.1, -0.05) is 24.3 Å². The van der Waals surface area contributed by atoms with Crippen LogP contribution in [0.4, 0.5) is 0 Å². The van der Waals surface area contributed by atoms with Crippen LogP contribution in [0.15, 0.2) is 66.9 Å². The Bertz CT molecular complexity index is 2190. The highest BCUT2D eigenvalue weighted by Crippen LogP contribution is 2.57. The van der Waals surface area contributed by atoms with Crippen LogP contribution in [0.3, 0.4) is 0 Å². The van der Waals surface area contributed by atoms with E-state index < -0.39 is 42.7 Å². The molecule has 0 saturated carbocycles. The molecule has 1 spiro atoms. The Balaban J connectivity index is 0.884. The number of unbranched alkanes of at least 4 members (excludes halogenated alkanes) is 2. The molecule has 7 N–H and O–H groups in total. The SMILES string of the molecule is O=Cc1cc(C#CCNC(=O)CCCCCNC(=O)c2ccc3c(c2)C(=O)OC32c3ccc(O)cc3Oc3cc(O)ccc32)cn1[C@@H]1O[C@H](CO)[C@@H](O)[C@H]1O. The number of hydrogen-bond acceptors (Lipinski definition) is 12. The molecule has 1 saturated heterocycles. The summed E-state index contributed by atoms with van der Waals surface area (Å²) in [6.45, 7) is -0.103. The molecule has 0 unspecified atom stereocenters. The van der Waals surface area contributed by atoms with E-state index in [1.165, 1.54) is 47.2 Å². The number of phenols is 2. The maximum absolute atomic E-state index is 13.3. The Labute approximate surface area is 314 Å². The summed E-state index contributed by atoms with van der Waals surface area (Å²) in [7, 11) is 0. The quantitative estimate of drug-likeness (QED) is 0.0508. The van der Waals surface area contributed by atoms with Crippen molar-refractivity contribution in [1.29, 1.82) is 0 Å². The first-order valence-corrected chi connectivity index (χ1v) is 17.6. The van der Waals surface area contributed by atoms with Crippen LogP contribution in [0.1, 0.15) is 85.4 Å². The number of nitrogens with zero attached hydrogens (tertiary/aromatic N) is 1. The standard InChI is InChI=1S/C40H37N3O12/c44-20-24-15-22(19-43(24)38-36(50)35(49)33(21-45)54-38)5-4-14-41-34(48)6-2-1-3-13-42-37(51)23-7-10-28-27(16-23)39(52)55-40(28)29-11-8-25(46)17-31(29)53-32-18-26(47)9-12-30(32)40/h7-12,15-20,33,35-36,38,45-47,49-50H,1-3,6,13-14,21H2,(H,41,48)(H,42,51)/t33-,35-,36-,38-/m1/s1. The van der Waals surface area contributed by atoms with Gasteiger partial charge in [0.25, 0.3) is 5.91 Å². The number of aliphatic hydroxyl groups is 3. The first-order chi connectivity index (χ1) is 26.5. The molecule has 3 aliphatic rings. The summed E-state index contributed by atoms with van der Waals surface area (Å²) in [5, 5.41) is 55.4. The van der Waals surface area contributed by atoms with E-state index in [4.69, 9.17) is 14.2 Å². The van der Waals surface area contributed by atoms with Crippen molar-refractivity contribution in [3.05, 3.63) is 106 Å². The van der Waals surface area contributed by atoms with E-state index in [1.807, 2.05) is 0 Å². The van der Waals surface area contributed by atoms with Crippen LogP contribution in [0.2, 0.25) is 0 Å². The molecule has 4 atom stereocenters. The number of carbonyl (C=O) groups excluding carboxylic acids is 4. The molecular formula is C40H37N3O12. The van der Waals surface area contributed by atoms with Gasteiger partial charge in [-0.2, -0.15) is 0 Å². The molecule has 0 aliphatic carbocycles. The summed E-state index contributed by atoms with van der Waals surface area (Å²) in [5.41, 5.74) is 1.07. The number of fused-ring (bicyclic) bond motifs is 6. The minimum absolute atomic E-state index is 0.0553. The zero-order valence-corrected chi connectivity index (χ0v) is 29.2. The molecule has 15 heteroatoms. The zero-order chi connectivity index (χ0) is 38.9. The van der Waals surface area contributed by atoms with E-state index in [-0.39, 0.29) is 64.6 Å². The smallest absolute Gasteiger partial charge is 0.340 e. The van der Waals surface area contributed by atoms with Crippen molar-refractivity contribution in [2.75, 3.05) is 19.7 Å². The van der Waals surface area contributed by atoms with Crippen LogP contribution >= 0.6 is 0 Å². The monoisotopic (exact) mass is 751 g/mol. The lowest BCUT2D eigenvalue weighted by molar-refractivity contribution is -0.120. The first kappa shape index (κ1) is 37.1. The van der Waals surface area contributed by atoms with Gasteiger partial charge in [-0.3, -0.25) is 14.4 Å². The van der Waals surface area contributed by atoms with Gasteiger partial charge >= 0.3 is 5.97 Å². The van der Waals surface area contributed by atoms with Crippen molar-refractivity contribution in [2.45, 2.75) is 55.8 Å². The molecule has 0 radical (unpaired) electrons. The summed E-state index contributed by atoms with van der Waals surface area (Å²) >= 11 is 0. The van der Waals surface area contributed by atoms with Gasteiger partial charge in [-0.25, -0.2) is 4.79 Å². The number of hydrogen-bond donors (Lipinski definition) is 7. The average molecular weight is 752 g/mol. The molecule has 1 fully saturated rings. The second-order valence-electron chi connectivity index (χ2n) is 13.3. The number of aldehydes is 1. The number of phenolic OH excluding ortho intramolecular Hbond substituents is 2. The van der Waals surface area contributed by atoms with E-state index in [0.717, 1.165) is 0 Å². The van der Waals surface area contributed by atoms with Gasteiger partial charge in [0.2, 0.25) is 5.91 Å². The fraction of sp³-hybridized carbons (Fsp3) is 0.300. The van der Waals surface area contributed by atoms with Crippen molar-refractivity contribution in [3.63, 3.8) is 0 Å². The minimum atomic E-state index is -1.42. The van der Waals surface area contributed by atoms with Crippen molar-refractivity contribution < 1.29 is 58.9 Å². The van der Waals surface area contributed by atoms with Gasteiger partial charge in [-0.15, -0.1) is 0 Å². The molecule has 4 heterocycles. The Kier molecular flexibility index (Phi) is 10.3. The molecule has 4 aromatic rings. The Morgan fingerprint density at radius 3 is 2.27 bits per heavy atom. The van der Waals surface area contributed by atoms with E-state index >= 15 is 0 Å². The van der Waals surface area contributed by atoms with Gasteiger partial charge < -0.3 is 54.9 Å². The lowest BCUT2D eigenvalue weighted by Crippen LogP contribution is -2.33. The second-order valence-corrected chi connectivity index (χ2v) is 13.3. The predicted molar refractivity (Wildman–Crippen MR) is 192 cm³/mol. The molecule has 2 amide bonds. The predicted octanol–water partition coefficient (Wildman–Crippen LogP) is 2.35. The van der Waals surface area contributed by atoms with Crippen LogP contribution in [0.5, 0.6) is 23.0 Å². The third-order valence-electron chi connectivity index (χ3n) is 9.80. The van der Waals surface area contributed by atoms with E-state index in [0.29, 0.717) is 54.3 Å². The van der Waals surface area contributed by atoms with Crippen molar-refractivity contribution in [3.8, 4) is 34.8 Å². The fourth-order valence-electron chi connectivity index (χ4n) is 7.10. The van der Waals surface area contributed by atoms with Crippen molar-refractivity contribution >= 4 is 24.1 Å². The van der Waals surface area contributed by atoms with E-state index in [9.17, 15) is 44.7 Å². The number of rotatable bonds is 11. The lowest BCUT2D eigenvalue weighted by Gasteiger charge is -2.36. The summed E-state index contributed by atoms with van der Waals surface area (Å²) in [4.78, 5) is 50.3. The summed E-state index contributed by atoms with van der Waals surface area (Å²) in [6.07, 6.45) is -0.612. The summed E-state index contributed by atoms with van der Waals surface area (Å²) in [5.74, 6) is 4.81. The Morgan fingerprint density at radius 2 is 1.60 bits per heavy atom. The molecule has 15 nitrogen and oxygen atoms in total. The maximum atomic E-state index is 13.3. The number of ether oxygens (including phenoxy) is 3. The second kappa shape index (κ2) is 15.3. The molecule has 1 aromatic heterocycles. The number of aromatic hydroxyl groups is 2. The van der Waals surface area contributed by atoms with Crippen LogP contribution in [-0.2, 0) is 19.9 Å². The number of benzene rings is 3. The number of nitrogens with one attached hydrogen (secondary N) is 2. The highest BCUT2D eigenvalue weighted by atomic mass is 16.6. The molecule has 0 bridgehead atoms. The van der Waals surface area contributed by atoms with Crippen molar-refractivity contribution in [1.82, 2.24) is 15.2 Å². The lowest BCUT2D eigenvalue weighted by atomic mass is 9.77. The van der Waals surface area contributed by atoms with Gasteiger partial charge in [-0.05, 0) is 55.3 Å². The van der Waals surface area contributed by atoms with Crippen LogP contribution in [0.25, 0.3) is 0 Å². The molecule has 55 heavy (non-hydrogen) atoms. The maximum Gasteiger partial charge on any atom is 0.340 e. The van der Waals surface area contributed by atoms with E-state index in [2.05, 4.69) is 22.5 Å². The number of aromatic nitrogens is 1. The fourth-order valence-corrected chi connectivity index (χ4v) is 7.10. The normalized spacial score (nSPS) is 19.9. The molecule has 284 valence electrons. The number of esters is 1. The number of carbonyl (C=O) groups is 4. The first-order valence-electron chi connectivity index (χ1n) is 17.6. The van der Waals surface area contributed by atoms with Gasteiger partial charge in [0.05, 0.1) is 24.4 Å². The molecule has 7 rings (SSSR count).